The summed E-state index contributed by atoms with van der Waals surface area (Å²) in [4.78, 5) is 64.1. The average Bonchev–Trinajstić information content (AvgIpc) is 3.12. The van der Waals surface area contributed by atoms with Gasteiger partial charge < -0.3 is 31.8 Å². The molecule has 51 heavy (non-hydrogen) atoms. The van der Waals surface area contributed by atoms with Crippen LogP contribution in [-0.4, -0.2) is 101 Å². The molecule has 0 saturated carbocycles. The molecule has 0 spiro atoms. The zero-order chi connectivity index (χ0) is 37.6. The third-order valence-electron chi connectivity index (χ3n) is 5.24. The highest BCUT2D eigenvalue weighted by Crippen LogP contribution is 2.18. The number of hydrogen-bond donors (Lipinski definition) is 4. The van der Waals surface area contributed by atoms with Crippen LogP contribution in [0, 0.1) is 0 Å². The molecule has 22 heteroatoms. The second-order valence-corrected chi connectivity index (χ2v) is 11.8. The summed E-state index contributed by atoms with van der Waals surface area (Å²) < 4.78 is 9.55. The summed E-state index contributed by atoms with van der Waals surface area (Å²) in [6, 6.07) is 0. The molecule has 278 valence electrons. The van der Waals surface area contributed by atoms with E-state index < -0.39 is 11.9 Å². The van der Waals surface area contributed by atoms with E-state index in [-0.39, 0.29) is 41.9 Å². The van der Waals surface area contributed by atoms with Crippen molar-refractivity contribution in [2.75, 3.05) is 55.4 Å². The highest BCUT2D eigenvalue weighted by atomic mass is 35.5. The number of nitrogens with two attached hydrogens (primary N) is 3. The van der Waals surface area contributed by atoms with E-state index in [1.54, 1.807) is 13.8 Å². The molecule has 4 rings (SSSR count). The lowest BCUT2D eigenvalue weighted by atomic mass is 10.3. The molecule has 0 bridgehead atoms. The average molecular weight is 802 g/mol. The SMILES string of the molecule is C.CCOC(=O)c1cnc(SC)nc1Cl.CCOC(=O)c1cnc(SC)nc1N.CSc1ncc(C=O)c(N)n1.CSc1ncc(CO)c(N)n1. The lowest BCUT2D eigenvalue weighted by Crippen LogP contribution is -2.10. The number of halogens is 1. The number of hydrogen-bond acceptors (Lipinski definition) is 21. The Morgan fingerprint density at radius 1 is 0.706 bits per heavy atom. The first-order valence-corrected chi connectivity index (χ1v) is 19.2. The van der Waals surface area contributed by atoms with Crippen LogP contribution in [0.4, 0.5) is 17.5 Å². The van der Waals surface area contributed by atoms with Gasteiger partial charge in [0.15, 0.2) is 26.9 Å². The van der Waals surface area contributed by atoms with Crippen LogP contribution in [0.1, 0.15) is 57.9 Å². The first kappa shape index (κ1) is 47.0. The second kappa shape index (κ2) is 25.9. The van der Waals surface area contributed by atoms with Crippen LogP contribution in [0.2, 0.25) is 5.15 Å². The molecule has 0 unspecified atom stereocenters. The van der Waals surface area contributed by atoms with Crippen LogP contribution in [0.25, 0.3) is 0 Å². The Morgan fingerprint density at radius 2 is 1.12 bits per heavy atom. The molecule has 0 aliphatic carbocycles. The third kappa shape index (κ3) is 16.2. The summed E-state index contributed by atoms with van der Waals surface area (Å²) >= 11 is 11.3. The van der Waals surface area contributed by atoms with E-state index in [2.05, 4.69) is 39.9 Å². The number of anilines is 3. The Morgan fingerprint density at radius 3 is 1.51 bits per heavy atom. The molecule has 0 radical (unpaired) electrons. The van der Waals surface area contributed by atoms with Crippen molar-refractivity contribution in [2.45, 2.75) is 48.5 Å². The number of aldehydes is 1. The van der Waals surface area contributed by atoms with Crippen molar-refractivity contribution in [3.05, 3.63) is 52.2 Å². The predicted molar refractivity (Wildman–Crippen MR) is 203 cm³/mol. The Labute approximate surface area is 317 Å². The van der Waals surface area contributed by atoms with Crippen LogP contribution in [-0.2, 0) is 16.1 Å². The number of carbonyl (C=O) groups excluding carboxylic acids is 3. The molecule has 0 aliphatic heterocycles. The van der Waals surface area contributed by atoms with Crippen molar-refractivity contribution >= 4 is 94.3 Å². The van der Waals surface area contributed by atoms with Gasteiger partial charge in [0.2, 0.25) is 0 Å². The fourth-order valence-electron chi connectivity index (χ4n) is 2.83. The second-order valence-electron chi connectivity index (χ2n) is 8.40. The van der Waals surface area contributed by atoms with Crippen LogP contribution >= 0.6 is 58.6 Å². The molecule has 0 amide bonds. The van der Waals surface area contributed by atoms with Gasteiger partial charge in [-0.3, -0.25) is 4.79 Å². The third-order valence-corrected chi connectivity index (χ3v) is 7.77. The number of carbonyl (C=O) groups is 3. The fourth-order valence-corrected chi connectivity index (χ4v) is 4.47. The lowest BCUT2D eigenvalue weighted by Gasteiger charge is -2.04. The minimum absolute atomic E-state index is 0. The molecule has 0 aromatic carbocycles. The topological polar surface area (TPSA) is 271 Å². The van der Waals surface area contributed by atoms with Crippen molar-refractivity contribution in [3.63, 3.8) is 0 Å². The summed E-state index contributed by atoms with van der Waals surface area (Å²) in [6.07, 6.45) is 13.7. The molecule has 7 N–H and O–H groups in total. The van der Waals surface area contributed by atoms with Crippen LogP contribution in [0.15, 0.2) is 45.4 Å². The number of nitrogens with zero attached hydrogens (tertiary/aromatic N) is 8. The minimum Gasteiger partial charge on any atom is -0.462 e. The summed E-state index contributed by atoms with van der Waals surface area (Å²) in [6.45, 7) is 3.95. The predicted octanol–water partition coefficient (Wildman–Crippen LogP) is 4.49. The van der Waals surface area contributed by atoms with E-state index in [1.165, 1.54) is 71.8 Å². The molecular weight excluding hydrogens is 762 g/mol. The Bertz CT molecular complexity index is 1650. The molecule has 0 atom stereocenters. The molecule has 4 heterocycles. The maximum atomic E-state index is 11.3. The molecule has 17 nitrogen and oxygen atoms in total. The number of ether oxygens (including phenoxy) is 2. The van der Waals surface area contributed by atoms with Crippen LogP contribution in [0.3, 0.4) is 0 Å². The first-order valence-electron chi connectivity index (χ1n) is 13.9. The molecule has 4 aromatic heterocycles. The van der Waals surface area contributed by atoms with Crippen molar-refractivity contribution in [1.29, 1.82) is 0 Å². The van der Waals surface area contributed by atoms with Crippen molar-refractivity contribution < 1.29 is 29.0 Å². The van der Waals surface area contributed by atoms with Gasteiger partial charge in [-0.05, 0) is 38.9 Å². The largest absolute Gasteiger partial charge is 0.462 e. The maximum Gasteiger partial charge on any atom is 0.343 e. The summed E-state index contributed by atoms with van der Waals surface area (Å²) in [7, 11) is 0. The van der Waals surface area contributed by atoms with E-state index in [0.29, 0.717) is 57.1 Å². The van der Waals surface area contributed by atoms with Crippen molar-refractivity contribution in [1.82, 2.24) is 39.9 Å². The van der Waals surface area contributed by atoms with Gasteiger partial charge in [-0.25, -0.2) is 49.5 Å². The van der Waals surface area contributed by atoms with Gasteiger partial charge in [0.1, 0.15) is 33.7 Å². The molecular formula is C29H40ClN11O6S4. The zero-order valence-corrected chi connectivity index (χ0v) is 31.8. The first-order chi connectivity index (χ1) is 23.9. The zero-order valence-electron chi connectivity index (χ0n) is 27.8. The van der Waals surface area contributed by atoms with Gasteiger partial charge in [0.25, 0.3) is 0 Å². The summed E-state index contributed by atoms with van der Waals surface area (Å²) in [5.41, 5.74) is 17.8. The van der Waals surface area contributed by atoms with E-state index in [9.17, 15) is 14.4 Å². The van der Waals surface area contributed by atoms with E-state index in [1.807, 2.05) is 25.0 Å². The van der Waals surface area contributed by atoms with Gasteiger partial charge in [-0.15, -0.1) is 0 Å². The Hall–Kier alpha value is -4.02. The van der Waals surface area contributed by atoms with Gasteiger partial charge in [-0.1, -0.05) is 66.1 Å². The number of aliphatic hydroxyl groups is 1. The smallest absolute Gasteiger partial charge is 0.343 e. The number of aromatic nitrogens is 8. The van der Waals surface area contributed by atoms with E-state index in [0.717, 1.165) is 0 Å². The number of rotatable bonds is 10. The van der Waals surface area contributed by atoms with Crippen LogP contribution < -0.4 is 17.2 Å². The van der Waals surface area contributed by atoms with Crippen molar-refractivity contribution in [2.24, 2.45) is 0 Å². The Balaban J connectivity index is 0.000000653. The summed E-state index contributed by atoms with van der Waals surface area (Å²) in [5.74, 6) is -0.239. The van der Waals surface area contributed by atoms with Gasteiger partial charge in [0, 0.05) is 30.4 Å². The lowest BCUT2D eigenvalue weighted by molar-refractivity contribution is 0.0516. The van der Waals surface area contributed by atoms with Crippen LogP contribution in [0.5, 0.6) is 0 Å². The number of aliphatic hydroxyl groups excluding tert-OH is 1. The van der Waals surface area contributed by atoms with Gasteiger partial charge in [0.05, 0.1) is 25.4 Å². The summed E-state index contributed by atoms with van der Waals surface area (Å²) in [5, 5.41) is 11.1. The molecule has 4 aromatic rings. The van der Waals surface area contributed by atoms with Crippen molar-refractivity contribution in [3.8, 4) is 0 Å². The number of thioether (sulfide) groups is 4. The van der Waals surface area contributed by atoms with Gasteiger partial charge in [-0.2, -0.15) is 0 Å². The van der Waals surface area contributed by atoms with Gasteiger partial charge >= 0.3 is 11.9 Å². The maximum absolute atomic E-state index is 11.3. The van der Waals surface area contributed by atoms with E-state index >= 15 is 0 Å². The van der Waals surface area contributed by atoms with E-state index in [4.69, 9.17) is 43.4 Å². The highest BCUT2D eigenvalue weighted by Gasteiger charge is 2.14. The number of esters is 2. The Kier molecular flexibility index (Phi) is 23.8. The normalized spacial score (nSPS) is 9.65. The number of nitrogen functional groups attached to an aromatic ring is 3. The molecule has 0 fully saturated rings. The highest BCUT2D eigenvalue weighted by molar-refractivity contribution is 7.99. The minimum atomic E-state index is -0.495. The molecule has 0 saturated heterocycles. The quantitative estimate of drug-likeness (QED) is 0.0565. The standard InChI is InChI=1S/C8H9ClN2O2S.C8H11N3O2S.C6H9N3OS.C6H7N3OS.CH4/c2*1-3-13-7(12)5-4-10-8(14-2)11-6(5)9;2*1-11-6-8-2-4(3-10)5(7)9-6;/h4H,3H2,1-2H3;4H,3H2,1-2H3,(H2,9,10,11);2,10H,3H2,1H3,(H2,7,8,9);2-3H,1H3,(H2,7,8,9);1H4. The fraction of sp³-hybridized carbons (Fsp3) is 0.345. The molecule has 0 aliphatic rings. The monoisotopic (exact) mass is 801 g/mol.